The van der Waals surface area contributed by atoms with E-state index >= 15 is 0 Å². The fourth-order valence-electron chi connectivity index (χ4n) is 12.2. The molecule has 0 bridgehead atoms. The van der Waals surface area contributed by atoms with Crippen LogP contribution >= 0.6 is 0 Å². The molecule has 2 aromatic heterocycles. The van der Waals surface area contributed by atoms with Crippen LogP contribution in [-0.2, 0) is 21.7 Å². The van der Waals surface area contributed by atoms with Crippen molar-refractivity contribution in [2.75, 3.05) is 9.80 Å². The Morgan fingerprint density at radius 2 is 0.792 bits per heavy atom. The van der Waals surface area contributed by atoms with E-state index in [9.17, 15) is 0 Å². The molecule has 13 rings (SSSR count). The fraction of sp³-hybridized carbons (Fsp3) is 0.206. The zero-order valence-corrected chi connectivity index (χ0v) is 43.0. The first-order valence-electron chi connectivity index (χ1n) is 25.6. The molecule has 2 aliphatic rings. The largest absolute Gasteiger partial charge is 0.456 e. The predicted molar refractivity (Wildman–Crippen MR) is 303 cm³/mol. The normalized spacial score (nSPS) is 14.5. The molecule has 9 aromatic carbocycles. The summed E-state index contributed by atoms with van der Waals surface area (Å²) in [5.41, 5.74) is 22.4. The van der Waals surface area contributed by atoms with Gasteiger partial charge in [-0.05, 0) is 133 Å². The molecule has 0 saturated heterocycles. The maximum absolute atomic E-state index is 7.24. The number of hydrogen-bond acceptors (Lipinski definition) is 4. The summed E-state index contributed by atoms with van der Waals surface area (Å²) < 4.78 is 14.3. The van der Waals surface area contributed by atoms with Crippen molar-refractivity contribution in [1.82, 2.24) is 0 Å². The van der Waals surface area contributed by atoms with Crippen LogP contribution in [0.15, 0.2) is 191 Å². The Bertz CT molecular complexity index is 4000. The van der Waals surface area contributed by atoms with Crippen molar-refractivity contribution < 1.29 is 8.83 Å². The van der Waals surface area contributed by atoms with E-state index < -0.39 is 0 Å². The van der Waals surface area contributed by atoms with Crippen LogP contribution in [0.2, 0.25) is 0 Å². The number of hydrogen-bond donors (Lipinski definition) is 0. The Balaban J connectivity index is 1.03. The maximum atomic E-state index is 7.24. The number of anilines is 6. The zero-order valence-electron chi connectivity index (χ0n) is 43.0. The van der Waals surface area contributed by atoms with Crippen LogP contribution in [0.4, 0.5) is 34.1 Å². The van der Waals surface area contributed by atoms with Crippen molar-refractivity contribution >= 4 is 78.0 Å². The molecule has 0 radical (unpaired) electrons. The molecular formula is C68H60N2O2. The second-order valence-electron chi connectivity index (χ2n) is 23.4. The maximum Gasteiger partial charge on any atom is 0.160 e. The van der Waals surface area contributed by atoms with E-state index in [1.807, 2.05) is 0 Å². The molecule has 0 N–H and O–H groups in total. The predicted octanol–water partition coefficient (Wildman–Crippen LogP) is 19.6. The van der Waals surface area contributed by atoms with Crippen molar-refractivity contribution in [2.45, 2.75) is 90.9 Å². The Kier molecular flexibility index (Phi) is 9.41. The summed E-state index contributed by atoms with van der Waals surface area (Å²) in [4.78, 5) is 4.77. The summed E-state index contributed by atoms with van der Waals surface area (Å²) >= 11 is 0. The van der Waals surface area contributed by atoms with Gasteiger partial charge in [0.05, 0.1) is 5.69 Å². The molecule has 11 aromatic rings. The summed E-state index contributed by atoms with van der Waals surface area (Å²) in [6, 6.07) is 67.3. The van der Waals surface area contributed by atoms with Crippen LogP contribution in [0, 0.1) is 0 Å². The second kappa shape index (κ2) is 15.3. The Morgan fingerprint density at radius 1 is 0.347 bits per heavy atom. The topological polar surface area (TPSA) is 32.8 Å². The van der Waals surface area contributed by atoms with Crippen molar-refractivity contribution in [3.8, 4) is 22.3 Å². The summed E-state index contributed by atoms with van der Waals surface area (Å²) in [5, 5.41) is 4.20. The van der Waals surface area contributed by atoms with Crippen molar-refractivity contribution in [2.24, 2.45) is 0 Å². The average Bonchev–Trinajstić information content (AvgIpc) is 4.06. The van der Waals surface area contributed by atoms with Gasteiger partial charge in [-0.1, -0.05) is 172 Å². The van der Waals surface area contributed by atoms with Crippen LogP contribution in [-0.4, -0.2) is 0 Å². The molecule has 0 fully saturated rings. The number of nitrogens with zero attached hydrogens (tertiary/aromatic N) is 2. The first-order chi connectivity index (χ1) is 34.5. The lowest BCUT2D eigenvalue weighted by Crippen LogP contribution is -2.17. The number of rotatable bonds is 6. The third-order valence-electron chi connectivity index (χ3n) is 16.2. The highest BCUT2D eigenvalue weighted by atomic mass is 16.3. The highest BCUT2D eigenvalue weighted by Gasteiger charge is 2.38. The van der Waals surface area contributed by atoms with Gasteiger partial charge in [-0.3, -0.25) is 0 Å². The molecule has 72 heavy (non-hydrogen) atoms. The van der Waals surface area contributed by atoms with E-state index in [0.29, 0.717) is 0 Å². The summed E-state index contributed by atoms with van der Waals surface area (Å²) in [6.45, 7) is 23.0. The number of fused-ring (bicyclic) bond motifs is 13. The molecule has 2 aliphatic carbocycles. The molecule has 2 heterocycles. The van der Waals surface area contributed by atoms with Crippen LogP contribution in [0.5, 0.6) is 0 Å². The minimum absolute atomic E-state index is 0.000777. The highest BCUT2D eigenvalue weighted by molar-refractivity contribution is 6.29. The van der Waals surface area contributed by atoms with E-state index in [4.69, 9.17) is 8.83 Å². The van der Waals surface area contributed by atoms with Crippen LogP contribution in [0.25, 0.3) is 66.1 Å². The molecule has 0 atom stereocenters. The third kappa shape index (κ3) is 6.57. The van der Waals surface area contributed by atoms with Gasteiger partial charge in [0.15, 0.2) is 5.58 Å². The number of para-hydroxylation sites is 1. The molecule has 4 nitrogen and oxygen atoms in total. The monoisotopic (exact) mass is 936 g/mol. The van der Waals surface area contributed by atoms with Gasteiger partial charge < -0.3 is 18.6 Å². The molecule has 0 aliphatic heterocycles. The van der Waals surface area contributed by atoms with Crippen LogP contribution in [0.3, 0.4) is 0 Å². The van der Waals surface area contributed by atoms with Crippen LogP contribution < -0.4 is 9.80 Å². The lowest BCUT2D eigenvalue weighted by molar-refractivity contribution is 0.590. The first-order valence-corrected chi connectivity index (χ1v) is 25.6. The van der Waals surface area contributed by atoms with Gasteiger partial charge >= 0.3 is 0 Å². The quantitative estimate of drug-likeness (QED) is 0.166. The van der Waals surface area contributed by atoms with Gasteiger partial charge in [0.1, 0.15) is 16.7 Å². The van der Waals surface area contributed by atoms with E-state index in [1.54, 1.807) is 0 Å². The minimum atomic E-state index is -0.178. The molecule has 0 spiro atoms. The molecule has 4 heteroatoms. The number of furan rings is 2. The summed E-state index contributed by atoms with van der Waals surface area (Å²) in [7, 11) is 0. The lowest BCUT2D eigenvalue weighted by atomic mass is 9.82. The molecule has 354 valence electrons. The SMILES string of the molecule is CC(C)(C)c1ccc(N(c2ccc3c(c2)C(C)(C)c2ccccc2-3)c2ccc3c(c2)oc2cc(N(c4ccc(C(C)(C)C)cc4)c4ccc5c(c4)C(C)(C)c4ccccc4-5)c4oc5ccccc5c4c23)cc1. The Labute approximate surface area is 423 Å². The third-order valence-corrected chi connectivity index (χ3v) is 16.2. The van der Waals surface area contributed by atoms with Gasteiger partial charge in [0, 0.05) is 72.9 Å². The van der Waals surface area contributed by atoms with Gasteiger partial charge in [0.25, 0.3) is 0 Å². The second-order valence-corrected chi connectivity index (χ2v) is 23.4. The first kappa shape index (κ1) is 44.1. The summed E-state index contributed by atoms with van der Waals surface area (Å²) in [6.07, 6.45) is 0. The minimum Gasteiger partial charge on any atom is -0.456 e. The van der Waals surface area contributed by atoms with E-state index in [2.05, 4.69) is 261 Å². The number of benzene rings is 9. The van der Waals surface area contributed by atoms with Crippen molar-refractivity contribution in [3.05, 3.63) is 215 Å². The average molecular weight is 937 g/mol. The molecular weight excluding hydrogens is 877 g/mol. The smallest absolute Gasteiger partial charge is 0.160 e. The van der Waals surface area contributed by atoms with Crippen molar-refractivity contribution in [1.29, 1.82) is 0 Å². The molecule has 0 saturated carbocycles. The van der Waals surface area contributed by atoms with Gasteiger partial charge in [-0.2, -0.15) is 0 Å². The fourth-order valence-corrected chi connectivity index (χ4v) is 12.2. The zero-order chi connectivity index (χ0) is 49.6. The Hall–Kier alpha value is -7.82. The lowest BCUT2D eigenvalue weighted by Gasteiger charge is -2.29. The highest BCUT2D eigenvalue weighted by Crippen LogP contribution is 2.54. The summed E-state index contributed by atoms with van der Waals surface area (Å²) in [5.74, 6) is 0. The van der Waals surface area contributed by atoms with E-state index in [0.717, 1.165) is 78.0 Å². The van der Waals surface area contributed by atoms with E-state index in [-0.39, 0.29) is 21.7 Å². The molecule has 0 amide bonds. The van der Waals surface area contributed by atoms with Gasteiger partial charge in [-0.15, -0.1) is 0 Å². The standard InChI is InChI=1S/C68H60N2O2/c1-65(2,3)41-23-27-43(28-24-41)69(45-31-34-50-48-17-11-14-20-54(48)67(7,8)56(50)37-45)47-33-36-53-60(39-47)71-61-40-58(64-63(62(53)61)52-19-13-16-22-59(52)72-64)70(44-29-25-42(26-30-44)66(4,5)6)46-32-35-51-49-18-12-15-21-55(49)68(9,10)57(51)38-46/h11-40H,1-10H3. The Morgan fingerprint density at radius 3 is 1.36 bits per heavy atom. The molecule has 0 unspecified atom stereocenters. The van der Waals surface area contributed by atoms with Crippen molar-refractivity contribution in [3.63, 3.8) is 0 Å². The van der Waals surface area contributed by atoms with Crippen LogP contribution in [0.1, 0.15) is 103 Å². The van der Waals surface area contributed by atoms with Gasteiger partial charge in [-0.25, -0.2) is 0 Å². The van der Waals surface area contributed by atoms with E-state index in [1.165, 1.54) is 55.6 Å². The van der Waals surface area contributed by atoms with Gasteiger partial charge in [0.2, 0.25) is 0 Å².